The standard InChI is InChI=1S/C17H21NO2S/c1-13-7-11-21-17(13)15-6-9-18(12-16(15)19)8-2-4-14-5-3-10-20-14/h2-5,7,10-11,15-16,19H,6,8-9,12H2,1H3/b4-2+/t15-,16-/m1/s1. The van der Waals surface area contributed by atoms with Gasteiger partial charge in [-0.1, -0.05) is 6.08 Å². The van der Waals surface area contributed by atoms with Crippen molar-refractivity contribution in [2.45, 2.75) is 25.4 Å². The number of aryl methyl sites for hydroxylation is 1. The van der Waals surface area contributed by atoms with Gasteiger partial charge in [0.05, 0.1) is 12.4 Å². The minimum absolute atomic E-state index is 0.270. The van der Waals surface area contributed by atoms with Gasteiger partial charge in [0.15, 0.2) is 0 Å². The van der Waals surface area contributed by atoms with Gasteiger partial charge < -0.3 is 9.52 Å². The maximum Gasteiger partial charge on any atom is 0.126 e. The molecule has 2 aromatic heterocycles. The second kappa shape index (κ2) is 6.60. The highest BCUT2D eigenvalue weighted by atomic mass is 32.1. The summed E-state index contributed by atoms with van der Waals surface area (Å²) in [7, 11) is 0. The van der Waals surface area contributed by atoms with E-state index < -0.39 is 0 Å². The number of furan rings is 1. The molecule has 0 saturated carbocycles. The first kappa shape index (κ1) is 14.6. The normalized spacial score (nSPS) is 23.9. The number of hydrogen-bond donors (Lipinski definition) is 1. The lowest BCUT2D eigenvalue weighted by molar-refractivity contribution is 0.0579. The summed E-state index contributed by atoms with van der Waals surface area (Å²) in [5.41, 5.74) is 1.32. The molecule has 1 aliphatic rings. The maximum absolute atomic E-state index is 10.4. The molecule has 0 unspecified atom stereocenters. The van der Waals surface area contributed by atoms with Gasteiger partial charge in [0.1, 0.15) is 5.76 Å². The molecule has 2 aromatic rings. The average Bonchev–Trinajstić information content (AvgIpc) is 3.11. The van der Waals surface area contributed by atoms with Crippen LogP contribution in [0.2, 0.25) is 0 Å². The van der Waals surface area contributed by atoms with Crippen LogP contribution in [0.25, 0.3) is 6.08 Å². The number of aliphatic hydroxyl groups excluding tert-OH is 1. The van der Waals surface area contributed by atoms with E-state index in [4.69, 9.17) is 4.42 Å². The van der Waals surface area contributed by atoms with E-state index in [2.05, 4.69) is 29.3 Å². The van der Waals surface area contributed by atoms with Crippen LogP contribution >= 0.6 is 11.3 Å². The Kier molecular flexibility index (Phi) is 4.58. The van der Waals surface area contributed by atoms with Crippen molar-refractivity contribution in [1.29, 1.82) is 0 Å². The Morgan fingerprint density at radius 2 is 2.38 bits per heavy atom. The molecule has 4 heteroatoms. The highest BCUT2D eigenvalue weighted by Crippen LogP contribution is 2.33. The van der Waals surface area contributed by atoms with E-state index in [9.17, 15) is 5.11 Å². The number of β-amino-alcohol motifs (C(OH)–C–C–N with tert-alkyl or cyclic N) is 1. The number of rotatable bonds is 4. The molecule has 0 spiro atoms. The number of hydrogen-bond acceptors (Lipinski definition) is 4. The number of aliphatic hydroxyl groups is 1. The molecular formula is C17H21NO2S. The highest BCUT2D eigenvalue weighted by molar-refractivity contribution is 7.10. The first-order valence-corrected chi connectivity index (χ1v) is 8.26. The summed E-state index contributed by atoms with van der Waals surface area (Å²) in [5.74, 6) is 1.18. The van der Waals surface area contributed by atoms with Crippen LogP contribution in [0.1, 0.15) is 28.5 Å². The molecule has 3 rings (SSSR count). The van der Waals surface area contributed by atoms with Crippen LogP contribution in [-0.2, 0) is 0 Å². The van der Waals surface area contributed by atoms with Crippen LogP contribution in [-0.4, -0.2) is 35.7 Å². The van der Waals surface area contributed by atoms with Crippen molar-refractivity contribution in [1.82, 2.24) is 4.90 Å². The SMILES string of the molecule is Cc1ccsc1[C@@H]1CCN(C/C=C/c2ccco2)C[C@H]1O. The minimum atomic E-state index is -0.270. The van der Waals surface area contributed by atoms with Gasteiger partial charge in [-0.05, 0) is 55.1 Å². The molecule has 0 aromatic carbocycles. The average molecular weight is 303 g/mol. The van der Waals surface area contributed by atoms with E-state index in [1.54, 1.807) is 17.6 Å². The van der Waals surface area contributed by atoms with E-state index in [-0.39, 0.29) is 6.10 Å². The third-order valence-corrected chi connectivity index (χ3v) is 5.24. The van der Waals surface area contributed by atoms with Crippen molar-refractivity contribution in [3.63, 3.8) is 0 Å². The van der Waals surface area contributed by atoms with Gasteiger partial charge in [-0.3, -0.25) is 4.90 Å². The number of thiophene rings is 1. The summed E-state index contributed by atoms with van der Waals surface area (Å²) in [6.07, 6.45) is 6.52. The highest BCUT2D eigenvalue weighted by Gasteiger charge is 2.29. The van der Waals surface area contributed by atoms with Gasteiger partial charge in [-0.15, -0.1) is 11.3 Å². The second-order valence-electron chi connectivity index (χ2n) is 5.61. The molecule has 1 saturated heterocycles. The Morgan fingerprint density at radius 3 is 3.05 bits per heavy atom. The first-order chi connectivity index (χ1) is 10.2. The fourth-order valence-corrected chi connectivity index (χ4v) is 4.06. The van der Waals surface area contributed by atoms with Gasteiger partial charge >= 0.3 is 0 Å². The van der Waals surface area contributed by atoms with Gasteiger partial charge in [0, 0.05) is 23.9 Å². The molecule has 21 heavy (non-hydrogen) atoms. The predicted octanol–water partition coefficient (Wildman–Crippen LogP) is 3.51. The summed E-state index contributed by atoms with van der Waals surface area (Å²) in [6, 6.07) is 5.97. The molecule has 1 fully saturated rings. The molecule has 1 N–H and O–H groups in total. The van der Waals surface area contributed by atoms with Crippen LogP contribution in [0.4, 0.5) is 0 Å². The Morgan fingerprint density at radius 1 is 1.48 bits per heavy atom. The van der Waals surface area contributed by atoms with Gasteiger partial charge in [0.25, 0.3) is 0 Å². The lowest BCUT2D eigenvalue weighted by Gasteiger charge is -2.35. The van der Waals surface area contributed by atoms with Crippen LogP contribution in [0.3, 0.4) is 0 Å². The van der Waals surface area contributed by atoms with E-state index in [1.165, 1.54) is 10.4 Å². The number of piperidine rings is 1. The largest absolute Gasteiger partial charge is 0.465 e. The van der Waals surface area contributed by atoms with Crippen molar-refractivity contribution >= 4 is 17.4 Å². The fourth-order valence-electron chi connectivity index (χ4n) is 2.94. The molecule has 1 aliphatic heterocycles. The van der Waals surface area contributed by atoms with Crippen LogP contribution < -0.4 is 0 Å². The van der Waals surface area contributed by atoms with E-state index in [0.717, 1.165) is 31.8 Å². The van der Waals surface area contributed by atoms with Gasteiger partial charge in [-0.25, -0.2) is 0 Å². The van der Waals surface area contributed by atoms with Crippen LogP contribution in [0, 0.1) is 6.92 Å². The van der Waals surface area contributed by atoms with Crippen molar-refractivity contribution in [2.24, 2.45) is 0 Å². The Labute approximate surface area is 129 Å². The van der Waals surface area contributed by atoms with E-state index in [0.29, 0.717) is 5.92 Å². The third kappa shape index (κ3) is 3.46. The summed E-state index contributed by atoms with van der Waals surface area (Å²) >= 11 is 1.77. The van der Waals surface area contributed by atoms with Crippen molar-refractivity contribution < 1.29 is 9.52 Å². The lowest BCUT2D eigenvalue weighted by atomic mass is 9.91. The van der Waals surface area contributed by atoms with Gasteiger partial charge in [-0.2, -0.15) is 0 Å². The zero-order valence-electron chi connectivity index (χ0n) is 12.2. The van der Waals surface area contributed by atoms with Gasteiger partial charge in [0.2, 0.25) is 0 Å². The molecule has 2 atom stereocenters. The Bertz CT molecular complexity index is 588. The summed E-state index contributed by atoms with van der Waals surface area (Å²) < 4.78 is 5.27. The monoisotopic (exact) mass is 303 g/mol. The number of likely N-dealkylation sites (tertiary alicyclic amines) is 1. The van der Waals surface area contributed by atoms with Crippen molar-refractivity contribution in [2.75, 3.05) is 19.6 Å². The van der Waals surface area contributed by atoms with E-state index in [1.807, 2.05) is 18.2 Å². The zero-order valence-corrected chi connectivity index (χ0v) is 13.1. The quantitative estimate of drug-likeness (QED) is 0.939. The Balaban J connectivity index is 1.55. The molecular weight excluding hydrogens is 282 g/mol. The predicted molar refractivity (Wildman–Crippen MR) is 86.6 cm³/mol. The molecule has 3 heterocycles. The molecule has 112 valence electrons. The lowest BCUT2D eigenvalue weighted by Crippen LogP contribution is -2.42. The summed E-state index contributed by atoms with van der Waals surface area (Å²) in [4.78, 5) is 3.65. The molecule has 3 nitrogen and oxygen atoms in total. The molecule has 0 amide bonds. The summed E-state index contributed by atoms with van der Waals surface area (Å²) in [6.45, 7) is 4.76. The Hall–Kier alpha value is -1.36. The van der Waals surface area contributed by atoms with Crippen molar-refractivity contribution in [3.05, 3.63) is 52.1 Å². The fraction of sp³-hybridized carbons (Fsp3) is 0.412. The molecule has 0 bridgehead atoms. The minimum Gasteiger partial charge on any atom is -0.465 e. The van der Waals surface area contributed by atoms with Crippen molar-refractivity contribution in [3.8, 4) is 0 Å². The van der Waals surface area contributed by atoms with E-state index >= 15 is 0 Å². The number of nitrogens with zero attached hydrogens (tertiary/aromatic N) is 1. The molecule has 0 radical (unpaired) electrons. The van der Waals surface area contributed by atoms with Crippen LogP contribution in [0.5, 0.6) is 0 Å². The first-order valence-electron chi connectivity index (χ1n) is 7.38. The maximum atomic E-state index is 10.4. The zero-order chi connectivity index (χ0) is 14.7. The summed E-state index contributed by atoms with van der Waals surface area (Å²) in [5, 5.41) is 12.6. The van der Waals surface area contributed by atoms with Crippen LogP contribution in [0.15, 0.2) is 40.3 Å². The molecule has 0 aliphatic carbocycles. The topological polar surface area (TPSA) is 36.6 Å². The second-order valence-corrected chi connectivity index (χ2v) is 6.56. The third-order valence-electron chi connectivity index (χ3n) is 4.09. The smallest absolute Gasteiger partial charge is 0.126 e.